The summed E-state index contributed by atoms with van der Waals surface area (Å²) < 4.78 is 18.0. The maximum atomic E-state index is 13.4. The zero-order chi connectivity index (χ0) is 19.1. The fraction of sp³-hybridized carbons (Fsp3) is 0.211. The lowest BCUT2D eigenvalue weighted by Crippen LogP contribution is -2.32. The second-order valence-electron chi connectivity index (χ2n) is 5.52. The molecule has 0 unspecified atom stereocenters. The number of nitrogens with one attached hydrogen (secondary N) is 1. The van der Waals surface area contributed by atoms with E-state index in [0.29, 0.717) is 16.9 Å². The van der Waals surface area contributed by atoms with Crippen LogP contribution in [-0.4, -0.2) is 31.4 Å². The molecule has 26 heavy (non-hydrogen) atoms. The van der Waals surface area contributed by atoms with E-state index in [1.54, 1.807) is 24.3 Å². The van der Waals surface area contributed by atoms with Crippen molar-refractivity contribution in [3.8, 4) is 0 Å². The highest BCUT2D eigenvalue weighted by Crippen LogP contribution is 2.17. The quantitative estimate of drug-likeness (QED) is 0.806. The molecule has 0 fully saturated rings. The summed E-state index contributed by atoms with van der Waals surface area (Å²) in [4.78, 5) is 36.8. The van der Waals surface area contributed by atoms with E-state index in [1.165, 1.54) is 43.2 Å². The number of carbonyl (C=O) groups excluding carboxylic acids is 3. The van der Waals surface area contributed by atoms with Gasteiger partial charge in [0.25, 0.3) is 0 Å². The van der Waals surface area contributed by atoms with Crippen LogP contribution in [0.2, 0.25) is 0 Å². The van der Waals surface area contributed by atoms with Gasteiger partial charge in [0.2, 0.25) is 11.8 Å². The predicted octanol–water partition coefficient (Wildman–Crippen LogP) is 2.99. The molecule has 0 saturated carbocycles. The molecule has 7 heteroatoms. The number of rotatable bonds is 6. The third kappa shape index (κ3) is 5.14. The van der Waals surface area contributed by atoms with Crippen molar-refractivity contribution in [3.63, 3.8) is 0 Å². The Bertz CT molecular complexity index is 823. The van der Waals surface area contributed by atoms with Gasteiger partial charge in [-0.05, 0) is 36.4 Å². The number of methoxy groups -OCH3 is 1. The van der Waals surface area contributed by atoms with Crippen molar-refractivity contribution in [2.45, 2.75) is 13.3 Å². The van der Waals surface area contributed by atoms with E-state index in [0.717, 1.165) is 0 Å². The smallest absolute Gasteiger partial charge is 0.337 e. The van der Waals surface area contributed by atoms with Crippen LogP contribution in [0.15, 0.2) is 48.5 Å². The zero-order valence-electron chi connectivity index (χ0n) is 14.5. The number of amides is 2. The number of carbonyl (C=O) groups is 3. The fourth-order valence-corrected chi connectivity index (χ4v) is 2.39. The molecule has 0 bridgehead atoms. The van der Waals surface area contributed by atoms with Crippen LogP contribution in [0.5, 0.6) is 0 Å². The molecule has 0 aliphatic carbocycles. The first kappa shape index (κ1) is 19.1. The minimum Gasteiger partial charge on any atom is -0.465 e. The van der Waals surface area contributed by atoms with Crippen LogP contribution in [-0.2, 0) is 14.3 Å². The summed E-state index contributed by atoms with van der Waals surface area (Å²) >= 11 is 0. The van der Waals surface area contributed by atoms with Crippen LogP contribution >= 0.6 is 0 Å². The molecular formula is C19H19FN2O4. The standard InChI is InChI=1S/C19H19FN2O4/c1-13(23)22(17-8-4-6-15(20)12-17)10-9-18(24)21-16-7-3-5-14(11-16)19(25)26-2/h3-8,11-12H,9-10H2,1-2H3,(H,21,24). The average Bonchev–Trinajstić information content (AvgIpc) is 2.61. The lowest BCUT2D eigenvalue weighted by molar-refractivity contribution is -0.117. The summed E-state index contributed by atoms with van der Waals surface area (Å²) in [6, 6.07) is 11.9. The monoisotopic (exact) mass is 358 g/mol. The van der Waals surface area contributed by atoms with Crippen LogP contribution in [0.4, 0.5) is 15.8 Å². The van der Waals surface area contributed by atoms with E-state index >= 15 is 0 Å². The van der Waals surface area contributed by atoms with Gasteiger partial charge in [-0.25, -0.2) is 9.18 Å². The first-order valence-corrected chi connectivity index (χ1v) is 7.92. The summed E-state index contributed by atoms with van der Waals surface area (Å²) in [5, 5.41) is 2.66. The van der Waals surface area contributed by atoms with Crippen LogP contribution in [0.25, 0.3) is 0 Å². The van der Waals surface area contributed by atoms with Gasteiger partial charge in [0.1, 0.15) is 5.82 Å². The van der Waals surface area contributed by atoms with Gasteiger partial charge in [-0.3, -0.25) is 9.59 Å². The van der Waals surface area contributed by atoms with Crippen LogP contribution < -0.4 is 10.2 Å². The first-order chi connectivity index (χ1) is 12.4. The highest BCUT2D eigenvalue weighted by Gasteiger charge is 2.14. The van der Waals surface area contributed by atoms with E-state index < -0.39 is 11.8 Å². The molecular weight excluding hydrogens is 339 g/mol. The number of anilines is 2. The molecule has 2 rings (SSSR count). The lowest BCUT2D eigenvalue weighted by Gasteiger charge is -2.21. The Hall–Kier alpha value is -3.22. The Kier molecular flexibility index (Phi) is 6.43. The van der Waals surface area contributed by atoms with Crippen molar-refractivity contribution in [2.75, 3.05) is 23.9 Å². The van der Waals surface area contributed by atoms with Gasteiger partial charge in [-0.2, -0.15) is 0 Å². The normalized spacial score (nSPS) is 10.1. The zero-order valence-corrected chi connectivity index (χ0v) is 14.5. The number of hydrogen-bond donors (Lipinski definition) is 1. The summed E-state index contributed by atoms with van der Waals surface area (Å²) in [7, 11) is 1.27. The number of ether oxygens (including phenoxy) is 1. The lowest BCUT2D eigenvalue weighted by atomic mass is 10.2. The van der Waals surface area contributed by atoms with Crippen molar-refractivity contribution < 1.29 is 23.5 Å². The van der Waals surface area contributed by atoms with Gasteiger partial charge in [0.05, 0.1) is 12.7 Å². The van der Waals surface area contributed by atoms with Crippen molar-refractivity contribution in [2.24, 2.45) is 0 Å². The van der Waals surface area contributed by atoms with Crippen molar-refractivity contribution in [3.05, 3.63) is 59.9 Å². The van der Waals surface area contributed by atoms with Crippen molar-refractivity contribution in [1.82, 2.24) is 0 Å². The SMILES string of the molecule is COC(=O)c1cccc(NC(=O)CCN(C(C)=O)c2cccc(F)c2)c1. The summed E-state index contributed by atoms with van der Waals surface area (Å²) in [6.45, 7) is 1.45. The predicted molar refractivity (Wildman–Crippen MR) is 95.5 cm³/mol. The van der Waals surface area contributed by atoms with Crippen molar-refractivity contribution in [1.29, 1.82) is 0 Å². The molecule has 0 radical (unpaired) electrons. The number of esters is 1. The summed E-state index contributed by atoms with van der Waals surface area (Å²) in [5.41, 5.74) is 1.14. The van der Waals surface area contributed by atoms with Crippen LogP contribution in [0, 0.1) is 5.82 Å². The van der Waals surface area contributed by atoms with Gasteiger partial charge in [-0.1, -0.05) is 12.1 Å². The highest BCUT2D eigenvalue weighted by atomic mass is 19.1. The van der Waals surface area contributed by atoms with Crippen LogP contribution in [0.1, 0.15) is 23.7 Å². The Morgan fingerprint density at radius 1 is 1.12 bits per heavy atom. The molecule has 136 valence electrons. The Labute approximate surface area is 150 Å². The Balaban J connectivity index is 2.01. The van der Waals surface area contributed by atoms with Gasteiger partial charge in [0.15, 0.2) is 0 Å². The van der Waals surface area contributed by atoms with Crippen molar-refractivity contribution >= 4 is 29.2 Å². The molecule has 0 atom stereocenters. The van der Waals surface area contributed by atoms with E-state index in [9.17, 15) is 18.8 Å². The molecule has 0 aliphatic heterocycles. The number of halogens is 1. The molecule has 0 aliphatic rings. The Morgan fingerprint density at radius 2 is 1.85 bits per heavy atom. The summed E-state index contributed by atoms with van der Waals surface area (Å²) in [5.74, 6) is -1.60. The van der Waals surface area contributed by atoms with Gasteiger partial charge < -0.3 is 15.0 Å². The molecule has 0 heterocycles. The number of nitrogens with zero attached hydrogens (tertiary/aromatic N) is 1. The number of benzene rings is 2. The van der Waals surface area contributed by atoms with E-state index in [4.69, 9.17) is 0 Å². The van der Waals surface area contributed by atoms with Gasteiger partial charge >= 0.3 is 5.97 Å². The first-order valence-electron chi connectivity index (χ1n) is 7.92. The molecule has 6 nitrogen and oxygen atoms in total. The molecule has 1 N–H and O–H groups in total. The molecule has 2 amide bonds. The second kappa shape index (κ2) is 8.75. The second-order valence-corrected chi connectivity index (χ2v) is 5.52. The maximum Gasteiger partial charge on any atom is 0.337 e. The highest BCUT2D eigenvalue weighted by molar-refractivity contribution is 5.96. The van der Waals surface area contributed by atoms with E-state index in [-0.39, 0.29) is 24.8 Å². The number of hydrogen-bond acceptors (Lipinski definition) is 4. The van der Waals surface area contributed by atoms with Crippen LogP contribution in [0.3, 0.4) is 0 Å². The minimum absolute atomic E-state index is 0.0124. The summed E-state index contributed by atoms with van der Waals surface area (Å²) in [6.07, 6.45) is 0.0124. The van der Waals surface area contributed by atoms with Gasteiger partial charge in [0, 0.05) is 31.3 Å². The minimum atomic E-state index is -0.505. The largest absolute Gasteiger partial charge is 0.465 e. The molecule has 2 aromatic carbocycles. The topological polar surface area (TPSA) is 75.7 Å². The average molecular weight is 358 g/mol. The maximum absolute atomic E-state index is 13.4. The third-order valence-corrected chi connectivity index (χ3v) is 3.63. The Morgan fingerprint density at radius 3 is 2.50 bits per heavy atom. The van der Waals surface area contributed by atoms with E-state index in [2.05, 4.69) is 10.1 Å². The fourth-order valence-electron chi connectivity index (χ4n) is 2.39. The molecule has 0 aromatic heterocycles. The third-order valence-electron chi connectivity index (χ3n) is 3.63. The molecule has 0 saturated heterocycles. The molecule has 2 aromatic rings. The van der Waals surface area contributed by atoms with Gasteiger partial charge in [-0.15, -0.1) is 0 Å². The van der Waals surface area contributed by atoms with E-state index in [1.807, 2.05) is 0 Å². The molecule has 0 spiro atoms.